The lowest BCUT2D eigenvalue weighted by molar-refractivity contribution is 0.251. The van der Waals surface area contributed by atoms with Crippen molar-refractivity contribution in [1.29, 1.82) is 0 Å². The second-order valence-electron chi connectivity index (χ2n) is 3.79. The molecule has 1 heterocycles. The van der Waals surface area contributed by atoms with Crippen LogP contribution in [-0.2, 0) is 0 Å². The van der Waals surface area contributed by atoms with Crippen LogP contribution in [0.4, 0.5) is 0 Å². The van der Waals surface area contributed by atoms with Crippen molar-refractivity contribution in [3.05, 3.63) is 36.0 Å². The molecule has 1 aromatic heterocycles. The maximum atomic E-state index is 9.34. The third-order valence-electron chi connectivity index (χ3n) is 2.89. The second-order valence-corrected chi connectivity index (χ2v) is 3.79. The Kier molecular flexibility index (Phi) is 3.56. The Balaban J connectivity index is 2.66. The summed E-state index contributed by atoms with van der Waals surface area (Å²) in [5, 5.41) is 14.4. The van der Waals surface area contributed by atoms with Gasteiger partial charge in [0.2, 0.25) is 5.88 Å². The van der Waals surface area contributed by atoms with Crippen molar-refractivity contribution in [2.75, 3.05) is 20.8 Å². The molecule has 0 aliphatic rings. The lowest BCUT2D eigenvalue weighted by atomic mass is 10.0. The molecule has 0 aliphatic carbocycles. The van der Waals surface area contributed by atoms with Crippen LogP contribution in [0.1, 0.15) is 11.6 Å². The molecule has 0 saturated heterocycles. The van der Waals surface area contributed by atoms with Crippen LogP contribution in [-0.4, -0.2) is 30.9 Å². The topological polar surface area (TPSA) is 54.4 Å². The van der Waals surface area contributed by atoms with Gasteiger partial charge in [-0.2, -0.15) is 0 Å². The van der Waals surface area contributed by atoms with Gasteiger partial charge in [-0.15, -0.1) is 0 Å². The molecule has 0 bridgehead atoms. The van der Waals surface area contributed by atoms with Crippen LogP contribution in [0.15, 0.2) is 30.5 Å². The van der Waals surface area contributed by atoms with E-state index in [1.807, 2.05) is 31.3 Å². The number of aliphatic hydroxyl groups excluding tert-OH is 1. The molecule has 4 heteroatoms. The number of aliphatic hydroxyl groups is 1. The predicted molar refractivity (Wildman–Crippen MR) is 67.2 cm³/mol. The third kappa shape index (κ3) is 2.09. The Morgan fingerprint density at radius 2 is 2.06 bits per heavy atom. The Morgan fingerprint density at radius 1 is 1.35 bits per heavy atom. The first-order valence-corrected chi connectivity index (χ1v) is 5.51. The van der Waals surface area contributed by atoms with Crippen molar-refractivity contribution < 1.29 is 9.84 Å². The number of hydrogen-bond donors (Lipinski definition) is 2. The number of aromatic nitrogens is 1. The second kappa shape index (κ2) is 5.12. The minimum absolute atomic E-state index is 0.0362. The van der Waals surface area contributed by atoms with Gasteiger partial charge in [-0.3, -0.25) is 0 Å². The number of nitrogens with zero attached hydrogens (tertiary/aromatic N) is 1. The number of ether oxygens (including phenoxy) is 1. The van der Waals surface area contributed by atoms with Crippen LogP contribution in [0.2, 0.25) is 0 Å². The Morgan fingerprint density at radius 3 is 2.65 bits per heavy atom. The van der Waals surface area contributed by atoms with Crippen LogP contribution >= 0.6 is 0 Å². The van der Waals surface area contributed by atoms with Crippen LogP contribution in [0.25, 0.3) is 10.8 Å². The predicted octanol–water partition coefficient (Wildman–Crippen LogP) is 1.50. The number of likely N-dealkylation sites (N-methyl/N-ethyl adjacent to an activating group) is 1. The van der Waals surface area contributed by atoms with E-state index in [9.17, 15) is 5.11 Å². The fourth-order valence-corrected chi connectivity index (χ4v) is 1.97. The van der Waals surface area contributed by atoms with Crippen molar-refractivity contribution in [2.45, 2.75) is 6.04 Å². The zero-order valence-corrected chi connectivity index (χ0v) is 9.97. The molecular formula is C13H16N2O2. The fraction of sp³-hybridized carbons (Fsp3) is 0.308. The van der Waals surface area contributed by atoms with E-state index in [1.165, 1.54) is 0 Å². The van der Waals surface area contributed by atoms with Crippen molar-refractivity contribution in [3.8, 4) is 5.88 Å². The van der Waals surface area contributed by atoms with Crippen LogP contribution in [0.3, 0.4) is 0 Å². The molecule has 4 nitrogen and oxygen atoms in total. The van der Waals surface area contributed by atoms with E-state index in [-0.39, 0.29) is 12.6 Å². The number of nitrogens with one attached hydrogen (secondary N) is 1. The Hall–Kier alpha value is -1.65. The summed E-state index contributed by atoms with van der Waals surface area (Å²) in [7, 11) is 3.43. The van der Waals surface area contributed by atoms with Crippen LogP contribution < -0.4 is 10.1 Å². The molecule has 0 fully saturated rings. The minimum atomic E-state index is -0.113. The lowest BCUT2D eigenvalue weighted by Crippen LogP contribution is -2.20. The van der Waals surface area contributed by atoms with Gasteiger partial charge in [0.1, 0.15) is 0 Å². The highest BCUT2D eigenvalue weighted by Crippen LogP contribution is 2.28. The van der Waals surface area contributed by atoms with Crippen molar-refractivity contribution in [2.24, 2.45) is 0 Å². The Labute approximate surface area is 100 Å². The maximum Gasteiger partial charge on any atom is 0.221 e. The maximum absolute atomic E-state index is 9.34. The molecule has 0 spiro atoms. The van der Waals surface area contributed by atoms with Gasteiger partial charge in [-0.1, -0.05) is 18.2 Å². The lowest BCUT2D eigenvalue weighted by Gasteiger charge is -2.16. The molecule has 0 radical (unpaired) electrons. The Bertz CT molecular complexity index is 510. The normalized spacial score (nSPS) is 12.6. The van der Waals surface area contributed by atoms with E-state index in [1.54, 1.807) is 13.3 Å². The summed E-state index contributed by atoms with van der Waals surface area (Å²) in [6.45, 7) is 0.0362. The monoisotopic (exact) mass is 232 g/mol. The highest BCUT2D eigenvalue weighted by atomic mass is 16.5. The van der Waals surface area contributed by atoms with E-state index in [0.29, 0.717) is 5.88 Å². The van der Waals surface area contributed by atoms with Gasteiger partial charge in [0.25, 0.3) is 0 Å². The fourth-order valence-electron chi connectivity index (χ4n) is 1.97. The molecule has 0 amide bonds. The van der Waals surface area contributed by atoms with Gasteiger partial charge in [-0.25, -0.2) is 4.98 Å². The van der Waals surface area contributed by atoms with Gasteiger partial charge in [0.15, 0.2) is 0 Å². The number of fused-ring (bicyclic) bond motifs is 1. The summed E-state index contributed by atoms with van der Waals surface area (Å²) in [6.07, 6.45) is 1.75. The first-order chi connectivity index (χ1) is 8.31. The number of rotatable bonds is 4. The van der Waals surface area contributed by atoms with E-state index in [0.717, 1.165) is 16.3 Å². The zero-order chi connectivity index (χ0) is 12.3. The molecule has 2 aromatic rings. The molecule has 1 atom stereocenters. The number of methoxy groups -OCH3 is 1. The number of pyridine rings is 1. The molecule has 90 valence electrons. The first-order valence-electron chi connectivity index (χ1n) is 5.51. The quantitative estimate of drug-likeness (QED) is 0.838. The number of benzene rings is 1. The average molecular weight is 232 g/mol. The third-order valence-corrected chi connectivity index (χ3v) is 2.89. The summed E-state index contributed by atoms with van der Waals surface area (Å²) in [4.78, 5) is 4.27. The van der Waals surface area contributed by atoms with Gasteiger partial charge < -0.3 is 15.2 Å². The summed E-state index contributed by atoms with van der Waals surface area (Å²) in [6, 6.07) is 7.78. The van der Waals surface area contributed by atoms with Crippen molar-refractivity contribution in [3.63, 3.8) is 0 Å². The van der Waals surface area contributed by atoms with Crippen molar-refractivity contribution >= 4 is 10.8 Å². The molecule has 2 N–H and O–H groups in total. The van der Waals surface area contributed by atoms with Crippen LogP contribution in [0, 0.1) is 0 Å². The number of hydrogen-bond acceptors (Lipinski definition) is 4. The average Bonchev–Trinajstić information content (AvgIpc) is 2.40. The molecular weight excluding hydrogens is 216 g/mol. The summed E-state index contributed by atoms with van der Waals surface area (Å²) >= 11 is 0. The summed E-state index contributed by atoms with van der Waals surface area (Å²) in [5.74, 6) is 0.608. The molecule has 17 heavy (non-hydrogen) atoms. The summed E-state index contributed by atoms with van der Waals surface area (Å²) < 4.78 is 5.24. The van der Waals surface area contributed by atoms with Gasteiger partial charge in [0, 0.05) is 11.6 Å². The van der Waals surface area contributed by atoms with Gasteiger partial charge >= 0.3 is 0 Å². The summed E-state index contributed by atoms with van der Waals surface area (Å²) in [5.41, 5.74) is 0.978. The molecule has 1 aromatic carbocycles. The zero-order valence-electron chi connectivity index (χ0n) is 9.97. The molecule has 0 saturated carbocycles. The largest absolute Gasteiger partial charge is 0.481 e. The minimum Gasteiger partial charge on any atom is -0.481 e. The van der Waals surface area contributed by atoms with E-state index < -0.39 is 0 Å². The molecule has 1 unspecified atom stereocenters. The highest BCUT2D eigenvalue weighted by Gasteiger charge is 2.14. The van der Waals surface area contributed by atoms with E-state index in [2.05, 4.69) is 10.3 Å². The van der Waals surface area contributed by atoms with Crippen molar-refractivity contribution in [1.82, 2.24) is 10.3 Å². The van der Waals surface area contributed by atoms with E-state index >= 15 is 0 Å². The molecule has 2 rings (SSSR count). The first kappa shape index (κ1) is 11.8. The SMILES string of the molecule is CNC(CO)c1cnc(OC)c2ccccc12. The van der Waals surface area contributed by atoms with E-state index in [4.69, 9.17) is 4.74 Å². The van der Waals surface area contributed by atoms with Crippen LogP contribution in [0.5, 0.6) is 5.88 Å². The van der Waals surface area contributed by atoms with Gasteiger partial charge in [-0.05, 0) is 24.1 Å². The van der Waals surface area contributed by atoms with Gasteiger partial charge in [0.05, 0.1) is 19.8 Å². The smallest absolute Gasteiger partial charge is 0.221 e. The standard InChI is InChI=1S/C13H16N2O2/c1-14-12(8-16)11-7-15-13(17-2)10-6-4-3-5-9(10)11/h3-7,12,14,16H,8H2,1-2H3. The highest BCUT2D eigenvalue weighted by molar-refractivity contribution is 5.89. The molecule has 0 aliphatic heterocycles.